The smallest absolute Gasteiger partial charge is 0.0524 e. The summed E-state index contributed by atoms with van der Waals surface area (Å²) in [5.74, 6) is 0.853. The second-order valence-corrected chi connectivity index (χ2v) is 3.59. The van der Waals surface area contributed by atoms with Gasteiger partial charge in [-0.2, -0.15) is 5.10 Å². The van der Waals surface area contributed by atoms with Crippen LogP contribution in [0.4, 0.5) is 0 Å². The second kappa shape index (κ2) is 2.36. The average Bonchev–Trinajstić information content (AvgIpc) is 2.32. The third-order valence-corrected chi connectivity index (χ3v) is 2.59. The molecule has 1 aliphatic rings. The quantitative estimate of drug-likeness (QED) is 0.548. The molecule has 0 fully saturated rings. The third-order valence-electron chi connectivity index (χ3n) is 2.59. The lowest BCUT2D eigenvalue weighted by atomic mass is 9.89. The lowest BCUT2D eigenvalue weighted by molar-refractivity contribution is 0.487. The van der Waals surface area contributed by atoms with Crippen molar-refractivity contribution in [2.45, 2.75) is 26.2 Å². The molecule has 0 saturated heterocycles. The Morgan fingerprint density at radius 3 is 3.27 bits per heavy atom. The van der Waals surface area contributed by atoms with E-state index < -0.39 is 0 Å². The minimum Gasteiger partial charge on any atom is -0.272 e. The van der Waals surface area contributed by atoms with Gasteiger partial charge in [0, 0.05) is 12.7 Å². The second-order valence-electron chi connectivity index (χ2n) is 3.59. The maximum Gasteiger partial charge on any atom is 0.0524 e. The van der Waals surface area contributed by atoms with Gasteiger partial charge in [0.2, 0.25) is 0 Å². The number of fused-ring (bicyclic) bond motifs is 1. The van der Waals surface area contributed by atoms with E-state index in [2.05, 4.69) is 12.0 Å². The highest BCUT2D eigenvalue weighted by Crippen LogP contribution is 2.23. The van der Waals surface area contributed by atoms with E-state index in [-0.39, 0.29) is 0 Å². The first-order valence-corrected chi connectivity index (χ1v) is 4.27. The predicted molar refractivity (Wildman–Crippen MR) is 44.4 cm³/mol. The van der Waals surface area contributed by atoms with Crippen molar-refractivity contribution in [1.29, 1.82) is 0 Å². The molecule has 2 rings (SSSR count). The zero-order valence-electron chi connectivity index (χ0n) is 7.17. The van der Waals surface area contributed by atoms with Crippen molar-refractivity contribution < 1.29 is 0 Å². The van der Waals surface area contributed by atoms with Crippen LogP contribution < -0.4 is 0 Å². The topological polar surface area (TPSA) is 17.8 Å². The minimum absolute atomic E-state index is 0.853. The molecule has 1 aliphatic carbocycles. The largest absolute Gasteiger partial charge is 0.272 e. The van der Waals surface area contributed by atoms with Crippen molar-refractivity contribution in [3.8, 4) is 0 Å². The van der Waals surface area contributed by atoms with E-state index in [0.717, 1.165) is 5.92 Å². The van der Waals surface area contributed by atoms with E-state index in [1.165, 1.54) is 30.5 Å². The normalized spacial score (nSPS) is 23.3. The molecule has 1 aromatic rings. The van der Waals surface area contributed by atoms with E-state index in [1.54, 1.807) is 0 Å². The molecule has 0 amide bonds. The molecule has 11 heavy (non-hydrogen) atoms. The first-order valence-electron chi connectivity index (χ1n) is 4.27. The van der Waals surface area contributed by atoms with Crippen LogP contribution in [0.25, 0.3) is 0 Å². The van der Waals surface area contributed by atoms with Gasteiger partial charge in [-0.05, 0) is 30.7 Å². The molecule has 2 heteroatoms. The van der Waals surface area contributed by atoms with Gasteiger partial charge in [-0.15, -0.1) is 0 Å². The van der Waals surface area contributed by atoms with Gasteiger partial charge in [-0.3, -0.25) is 4.68 Å². The van der Waals surface area contributed by atoms with Crippen molar-refractivity contribution in [2.75, 3.05) is 0 Å². The third kappa shape index (κ3) is 1.06. The number of hydrogen-bond acceptors (Lipinski definition) is 1. The molecule has 0 N–H and O–H groups in total. The molecule has 1 heterocycles. The summed E-state index contributed by atoms with van der Waals surface area (Å²) in [6.45, 7) is 2.32. The molecule has 0 spiro atoms. The number of aromatic nitrogens is 2. The Kier molecular flexibility index (Phi) is 1.48. The molecule has 2 nitrogen and oxygen atoms in total. The zero-order chi connectivity index (χ0) is 7.84. The van der Waals surface area contributed by atoms with Crippen LogP contribution in [0, 0.1) is 5.92 Å². The van der Waals surface area contributed by atoms with Crippen molar-refractivity contribution in [3.05, 3.63) is 17.5 Å². The first-order chi connectivity index (χ1) is 5.27. The molecular weight excluding hydrogens is 136 g/mol. The molecular formula is C9H14N2. The van der Waals surface area contributed by atoms with Crippen LogP contribution in [-0.4, -0.2) is 9.78 Å². The first kappa shape index (κ1) is 6.89. The molecule has 0 bridgehead atoms. The van der Waals surface area contributed by atoms with Crippen LogP contribution in [-0.2, 0) is 19.9 Å². The maximum atomic E-state index is 4.25. The fourth-order valence-electron chi connectivity index (χ4n) is 1.86. The Bertz CT molecular complexity index is 263. The fourth-order valence-corrected chi connectivity index (χ4v) is 1.86. The molecule has 0 radical (unpaired) electrons. The summed E-state index contributed by atoms with van der Waals surface area (Å²) >= 11 is 0. The van der Waals surface area contributed by atoms with Gasteiger partial charge in [0.15, 0.2) is 0 Å². The van der Waals surface area contributed by atoms with Crippen molar-refractivity contribution in [3.63, 3.8) is 0 Å². The van der Waals surface area contributed by atoms with E-state index in [4.69, 9.17) is 0 Å². The van der Waals surface area contributed by atoms with Gasteiger partial charge in [0.05, 0.1) is 6.20 Å². The van der Waals surface area contributed by atoms with E-state index in [9.17, 15) is 0 Å². The van der Waals surface area contributed by atoms with Crippen LogP contribution >= 0.6 is 0 Å². The Morgan fingerprint density at radius 1 is 1.64 bits per heavy atom. The van der Waals surface area contributed by atoms with Crippen molar-refractivity contribution >= 4 is 0 Å². The lowest BCUT2D eigenvalue weighted by Gasteiger charge is -2.17. The Morgan fingerprint density at radius 2 is 2.45 bits per heavy atom. The molecule has 0 aliphatic heterocycles. The van der Waals surface area contributed by atoms with E-state index in [0.29, 0.717) is 0 Å². The molecule has 1 atom stereocenters. The number of rotatable bonds is 0. The van der Waals surface area contributed by atoms with Crippen LogP contribution in [0.15, 0.2) is 6.20 Å². The Balaban J connectivity index is 2.36. The summed E-state index contributed by atoms with van der Waals surface area (Å²) in [6, 6.07) is 0. The zero-order valence-corrected chi connectivity index (χ0v) is 7.17. The predicted octanol–water partition coefficient (Wildman–Crippen LogP) is 1.54. The van der Waals surface area contributed by atoms with Gasteiger partial charge in [-0.25, -0.2) is 0 Å². The summed E-state index contributed by atoms with van der Waals surface area (Å²) in [5.41, 5.74) is 2.91. The number of nitrogens with zero attached hydrogens (tertiary/aromatic N) is 2. The van der Waals surface area contributed by atoms with Gasteiger partial charge >= 0.3 is 0 Å². The summed E-state index contributed by atoms with van der Waals surface area (Å²) in [4.78, 5) is 0. The maximum absolute atomic E-state index is 4.25. The molecule has 60 valence electrons. The Hall–Kier alpha value is -0.790. The minimum atomic E-state index is 0.853. The van der Waals surface area contributed by atoms with Gasteiger partial charge in [0.1, 0.15) is 0 Å². The molecule has 1 unspecified atom stereocenters. The molecule has 0 saturated carbocycles. The summed E-state index contributed by atoms with van der Waals surface area (Å²) in [7, 11) is 2.04. The Labute approximate surface area is 67.2 Å². The monoisotopic (exact) mass is 150 g/mol. The molecule has 1 aromatic heterocycles. The van der Waals surface area contributed by atoms with Crippen LogP contribution in [0.3, 0.4) is 0 Å². The fraction of sp³-hybridized carbons (Fsp3) is 0.667. The highest BCUT2D eigenvalue weighted by atomic mass is 15.3. The molecule has 0 aromatic carbocycles. The average molecular weight is 150 g/mol. The van der Waals surface area contributed by atoms with Gasteiger partial charge in [-0.1, -0.05) is 6.92 Å². The van der Waals surface area contributed by atoms with E-state index >= 15 is 0 Å². The lowest BCUT2D eigenvalue weighted by Crippen LogP contribution is -2.12. The van der Waals surface area contributed by atoms with Gasteiger partial charge in [0.25, 0.3) is 0 Å². The standard InChI is InChI=1S/C9H14N2/c1-7-3-4-9-8(5-7)6-10-11(9)2/h6-7H,3-5H2,1-2H3. The highest BCUT2D eigenvalue weighted by molar-refractivity contribution is 5.20. The van der Waals surface area contributed by atoms with Crippen molar-refractivity contribution in [1.82, 2.24) is 9.78 Å². The number of hydrogen-bond donors (Lipinski definition) is 0. The van der Waals surface area contributed by atoms with Crippen LogP contribution in [0.1, 0.15) is 24.6 Å². The summed E-state index contributed by atoms with van der Waals surface area (Å²) in [6.07, 6.45) is 5.79. The number of aryl methyl sites for hydroxylation is 1. The SMILES string of the molecule is CC1CCc2c(cnn2C)C1. The summed E-state index contributed by atoms with van der Waals surface area (Å²) < 4.78 is 2.02. The van der Waals surface area contributed by atoms with Crippen LogP contribution in [0.2, 0.25) is 0 Å². The summed E-state index contributed by atoms with van der Waals surface area (Å²) in [5, 5.41) is 4.25. The van der Waals surface area contributed by atoms with Gasteiger partial charge < -0.3 is 0 Å². The van der Waals surface area contributed by atoms with Crippen LogP contribution in [0.5, 0.6) is 0 Å². The van der Waals surface area contributed by atoms with E-state index in [1.807, 2.05) is 17.9 Å². The highest BCUT2D eigenvalue weighted by Gasteiger charge is 2.17. The van der Waals surface area contributed by atoms with Crippen molar-refractivity contribution in [2.24, 2.45) is 13.0 Å².